The van der Waals surface area contributed by atoms with Crippen molar-refractivity contribution in [2.45, 2.75) is 26.3 Å². The van der Waals surface area contributed by atoms with Crippen LogP contribution in [0.1, 0.15) is 27.9 Å². The monoisotopic (exact) mass is 505 g/mol. The Labute approximate surface area is 213 Å². The fraction of sp³-hybridized carbons (Fsp3) is 0.333. The summed E-state index contributed by atoms with van der Waals surface area (Å²) in [6, 6.07) is 10.8. The fourth-order valence-corrected chi connectivity index (χ4v) is 4.28. The molecular formula is C27H31N5O5. The second kappa shape index (κ2) is 11.3. The lowest BCUT2D eigenvalue weighted by atomic mass is 10.1. The lowest BCUT2D eigenvalue weighted by Crippen LogP contribution is -2.35. The van der Waals surface area contributed by atoms with Gasteiger partial charge in [-0.3, -0.25) is 19.4 Å². The Bertz CT molecular complexity index is 1570. The second-order valence-corrected chi connectivity index (χ2v) is 8.64. The number of nitrogens with zero attached hydrogens (tertiary/aromatic N) is 3. The van der Waals surface area contributed by atoms with Crippen LogP contribution < -0.4 is 25.8 Å². The highest BCUT2D eigenvalue weighted by Crippen LogP contribution is 2.28. The van der Waals surface area contributed by atoms with E-state index in [1.54, 1.807) is 38.2 Å². The number of aryl methyl sites for hydroxylation is 3. The highest BCUT2D eigenvalue weighted by molar-refractivity contribution is 5.96. The van der Waals surface area contributed by atoms with E-state index >= 15 is 0 Å². The van der Waals surface area contributed by atoms with Gasteiger partial charge in [0.2, 0.25) is 0 Å². The van der Waals surface area contributed by atoms with E-state index in [2.05, 4.69) is 5.32 Å². The van der Waals surface area contributed by atoms with Gasteiger partial charge >= 0.3 is 0 Å². The minimum Gasteiger partial charge on any atom is -0.493 e. The molecule has 0 bridgehead atoms. The van der Waals surface area contributed by atoms with Crippen molar-refractivity contribution in [2.75, 3.05) is 34.5 Å². The highest BCUT2D eigenvalue weighted by atomic mass is 16.5. The molecule has 194 valence electrons. The molecule has 0 saturated carbocycles. The summed E-state index contributed by atoms with van der Waals surface area (Å²) in [6.45, 7) is 3.10. The molecule has 3 heterocycles. The molecule has 4 rings (SSSR count). The number of amides is 1. The summed E-state index contributed by atoms with van der Waals surface area (Å²) < 4.78 is 18.9. The summed E-state index contributed by atoms with van der Waals surface area (Å²) >= 11 is 0. The SMILES string of the molecule is COCCCNC(=O)c1cc2c(=O)n3cccc(C)c3nc2n(CCc2ccc(OC)c(OC)c2)c1=N. The van der Waals surface area contributed by atoms with Crippen molar-refractivity contribution in [3.05, 3.63) is 75.1 Å². The minimum atomic E-state index is -0.420. The number of rotatable bonds is 10. The molecular weight excluding hydrogens is 474 g/mol. The summed E-state index contributed by atoms with van der Waals surface area (Å²) in [4.78, 5) is 31.3. The van der Waals surface area contributed by atoms with E-state index in [-0.39, 0.29) is 22.0 Å². The molecule has 10 heteroatoms. The zero-order valence-electron chi connectivity index (χ0n) is 21.5. The molecule has 0 radical (unpaired) electrons. The summed E-state index contributed by atoms with van der Waals surface area (Å²) in [5.74, 6) is 0.800. The molecule has 0 saturated heterocycles. The number of hydrogen-bond donors (Lipinski definition) is 2. The highest BCUT2D eigenvalue weighted by Gasteiger charge is 2.18. The van der Waals surface area contributed by atoms with Crippen LogP contribution in [-0.4, -0.2) is 54.3 Å². The topological polar surface area (TPSA) is 120 Å². The molecule has 3 aromatic heterocycles. The van der Waals surface area contributed by atoms with Gasteiger partial charge in [-0.15, -0.1) is 0 Å². The van der Waals surface area contributed by atoms with Crippen molar-refractivity contribution in [3.63, 3.8) is 0 Å². The van der Waals surface area contributed by atoms with Gasteiger partial charge in [0.05, 0.1) is 25.2 Å². The van der Waals surface area contributed by atoms with Crippen LogP contribution in [0.25, 0.3) is 16.7 Å². The maximum absolute atomic E-state index is 13.5. The Morgan fingerprint density at radius 1 is 1.08 bits per heavy atom. The van der Waals surface area contributed by atoms with Gasteiger partial charge in [-0.1, -0.05) is 12.1 Å². The van der Waals surface area contributed by atoms with Crippen molar-refractivity contribution in [1.29, 1.82) is 5.41 Å². The Morgan fingerprint density at radius 2 is 1.86 bits per heavy atom. The van der Waals surface area contributed by atoms with Gasteiger partial charge in [-0.25, -0.2) is 4.98 Å². The Balaban J connectivity index is 1.83. The van der Waals surface area contributed by atoms with Crippen LogP contribution in [0.2, 0.25) is 0 Å². The number of fused-ring (bicyclic) bond motifs is 2. The molecule has 0 unspecified atom stereocenters. The molecule has 0 atom stereocenters. The number of pyridine rings is 2. The van der Waals surface area contributed by atoms with Crippen molar-refractivity contribution in [2.24, 2.45) is 0 Å². The molecule has 0 aliphatic carbocycles. The number of carbonyl (C=O) groups excluding carboxylic acids is 1. The number of aromatic nitrogens is 3. The quantitative estimate of drug-likeness (QED) is 0.252. The van der Waals surface area contributed by atoms with Crippen molar-refractivity contribution < 1.29 is 19.0 Å². The second-order valence-electron chi connectivity index (χ2n) is 8.64. The Hall–Kier alpha value is -4.18. The normalized spacial score (nSPS) is 11.1. The van der Waals surface area contributed by atoms with Crippen LogP contribution in [0.4, 0.5) is 0 Å². The van der Waals surface area contributed by atoms with Gasteiger partial charge in [0.15, 0.2) is 11.5 Å². The van der Waals surface area contributed by atoms with Crippen LogP contribution in [0.5, 0.6) is 11.5 Å². The molecule has 4 aromatic rings. The average Bonchev–Trinajstić information content (AvgIpc) is 2.91. The summed E-state index contributed by atoms with van der Waals surface area (Å²) in [5.41, 5.74) is 2.46. The zero-order valence-corrected chi connectivity index (χ0v) is 21.5. The molecule has 0 fully saturated rings. The predicted octanol–water partition coefficient (Wildman–Crippen LogP) is 2.46. The van der Waals surface area contributed by atoms with E-state index in [4.69, 9.17) is 24.6 Å². The third-order valence-corrected chi connectivity index (χ3v) is 6.26. The van der Waals surface area contributed by atoms with Gasteiger partial charge in [0, 0.05) is 33.0 Å². The van der Waals surface area contributed by atoms with Crippen LogP contribution in [0, 0.1) is 12.3 Å². The number of hydrogen-bond acceptors (Lipinski definition) is 7. The van der Waals surface area contributed by atoms with Crippen LogP contribution in [-0.2, 0) is 17.7 Å². The average molecular weight is 506 g/mol. The molecule has 0 spiro atoms. The van der Waals surface area contributed by atoms with E-state index in [0.717, 1.165) is 11.1 Å². The Kier molecular flexibility index (Phi) is 7.88. The predicted molar refractivity (Wildman–Crippen MR) is 140 cm³/mol. The molecule has 1 amide bonds. The number of benzene rings is 1. The molecule has 2 N–H and O–H groups in total. The van der Waals surface area contributed by atoms with Gasteiger partial charge in [-0.2, -0.15) is 0 Å². The van der Waals surface area contributed by atoms with Gasteiger partial charge in [0.25, 0.3) is 11.5 Å². The first-order valence-electron chi connectivity index (χ1n) is 12.0. The van der Waals surface area contributed by atoms with Crippen molar-refractivity contribution in [1.82, 2.24) is 19.3 Å². The van der Waals surface area contributed by atoms with Gasteiger partial charge in [-0.05, 0) is 55.2 Å². The summed E-state index contributed by atoms with van der Waals surface area (Å²) in [7, 11) is 4.75. The Morgan fingerprint density at radius 3 is 2.59 bits per heavy atom. The summed E-state index contributed by atoms with van der Waals surface area (Å²) in [6.07, 6.45) is 2.81. The third kappa shape index (κ3) is 5.19. The number of carbonyl (C=O) groups is 1. The lowest BCUT2D eigenvalue weighted by Gasteiger charge is -2.16. The smallest absolute Gasteiger partial charge is 0.267 e. The first kappa shape index (κ1) is 25.9. The molecule has 37 heavy (non-hydrogen) atoms. The third-order valence-electron chi connectivity index (χ3n) is 6.26. The fourth-order valence-electron chi connectivity index (χ4n) is 4.28. The lowest BCUT2D eigenvalue weighted by molar-refractivity contribution is 0.0946. The zero-order chi connectivity index (χ0) is 26.5. The minimum absolute atomic E-state index is 0.0120. The van der Waals surface area contributed by atoms with Crippen LogP contribution >= 0.6 is 0 Å². The van der Waals surface area contributed by atoms with Crippen molar-refractivity contribution >= 4 is 22.6 Å². The summed E-state index contributed by atoms with van der Waals surface area (Å²) in [5, 5.41) is 12.0. The molecule has 10 nitrogen and oxygen atoms in total. The van der Waals surface area contributed by atoms with Gasteiger partial charge < -0.3 is 24.1 Å². The number of ether oxygens (including phenoxy) is 3. The van der Waals surface area contributed by atoms with E-state index in [9.17, 15) is 9.59 Å². The first-order chi connectivity index (χ1) is 17.9. The standard InChI is InChI=1S/C27H31N5O5/c1-17-7-5-12-32-24(17)30-25-20(27(32)34)16-19(26(33)29-11-6-14-35-2)23(28)31(25)13-10-18-8-9-21(36-3)22(15-18)37-4/h5,7-9,12,15-16,28H,6,10-11,13-14H2,1-4H3,(H,29,33). The largest absolute Gasteiger partial charge is 0.493 e. The van der Waals surface area contributed by atoms with E-state index < -0.39 is 5.91 Å². The van der Waals surface area contributed by atoms with E-state index in [0.29, 0.717) is 55.3 Å². The molecule has 0 aliphatic rings. The van der Waals surface area contributed by atoms with E-state index in [1.165, 1.54) is 10.5 Å². The van der Waals surface area contributed by atoms with Crippen molar-refractivity contribution in [3.8, 4) is 11.5 Å². The maximum Gasteiger partial charge on any atom is 0.267 e. The number of nitrogens with one attached hydrogen (secondary N) is 2. The maximum atomic E-state index is 13.5. The van der Waals surface area contributed by atoms with Crippen LogP contribution in [0.3, 0.4) is 0 Å². The van der Waals surface area contributed by atoms with E-state index in [1.807, 2.05) is 31.2 Å². The van der Waals surface area contributed by atoms with Crippen LogP contribution in [0.15, 0.2) is 47.4 Å². The first-order valence-corrected chi connectivity index (χ1v) is 12.0. The number of methoxy groups -OCH3 is 3. The molecule has 0 aliphatic heterocycles. The van der Waals surface area contributed by atoms with Gasteiger partial charge in [0.1, 0.15) is 16.8 Å². The molecule has 1 aromatic carbocycles.